The van der Waals surface area contributed by atoms with E-state index in [2.05, 4.69) is 32.6 Å². The minimum atomic E-state index is -0.0944. The number of nitrogens with one attached hydrogen (secondary N) is 1. The van der Waals surface area contributed by atoms with E-state index < -0.39 is 0 Å². The number of pyridine rings is 1. The quantitative estimate of drug-likeness (QED) is 0.563. The average molecular weight is 419 g/mol. The fourth-order valence-corrected chi connectivity index (χ4v) is 3.62. The summed E-state index contributed by atoms with van der Waals surface area (Å²) in [7, 11) is 0. The molecule has 0 unspecified atom stereocenters. The summed E-state index contributed by atoms with van der Waals surface area (Å²) in [5.41, 5.74) is 3.37. The molecule has 0 spiro atoms. The van der Waals surface area contributed by atoms with Crippen LogP contribution in [0.4, 0.5) is 0 Å². The van der Waals surface area contributed by atoms with Crippen LogP contribution in [0.5, 0.6) is 0 Å². The van der Waals surface area contributed by atoms with Crippen LogP contribution in [0.15, 0.2) is 53.3 Å². The van der Waals surface area contributed by atoms with Crippen LogP contribution in [-0.4, -0.2) is 44.9 Å². The topological polar surface area (TPSA) is 101 Å². The molecule has 0 saturated heterocycles. The molecule has 1 aliphatic rings. The predicted octanol–water partition coefficient (Wildman–Crippen LogP) is 2.55. The van der Waals surface area contributed by atoms with Crippen molar-refractivity contribution in [3.63, 3.8) is 0 Å². The van der Waals surface area contributed by atoms with Crippen molar-refractivity contribution >= 4 is 11.8 Å². The van der Waals surface area contributed by atoms with E-state index in [9.17, 15) is 9.59 Å². The molecule has 0 aliphatic carbocycles. The molecule has 31 heavy (non-hydrogen) atoms. The molecular formula is C23H25N5O3. The van der Waals surface area contributed by atoms with Gasteiger partial charge in [-0.05, 0) is 36.1 Å². The van der Waals surface area contributed by atoms with Crippen LogP contribution < -0.4 is 5.32 Å². The lowest BCUT2D eigenvalue weighted by Gasteiger charge is -2.29. The third kappa shape index (κ3) is 5.53. The third-order valence-electron chi connectivity index (χ3n) is 5.35. The molecule has 160 valence electrons. The maximum atomic E-state index is 12.5. The summed E-state index contributed by atoms with van der Waals surface area (Å²) < 4.78 is 5.21. The van der Waals surface area contributed by atoms with Gasteiger partial charge in [-0.3, -0.25) is 14.6 Å². The maximum Gasteiger partial charge on any atom is 0.227 e. The van der Waals surface area contributed by atoms with E-state index in [0.29, 0.717) is 44.1 Å². The Bertz CT molecular complexity index is 1030. The van der Waals surface area contributed by atoms with Crippen molar-refractivity contribution in [2.45, 2.75) is 38.6 Å². The number of rotatable bonds is 8. The Hall–Kier alpha value is -3.55. The number of amides is 2. The number of benzene rings is 1. The Labute approximate surface area is 180 Å². The summed E-state index contributed by atoms with van der Waals surface area (Å²) in [6.07, 6.45) is 5.90. The molecule has 2 aromatic heterocycles. The van der Waals surface area contributed by atoms with Crippen molar-refractivity contribution in [1.82, 2.24) is 25.3 Å². The van der Waals surface area contributed by atoms with Crippen LogP contribution in [-0.2, 0) is 29.0 Å². The van der Waals surface area contributed by atoms with E-state index in [1.165, 1.54) is 11.1 Å². The molecule has 3 aromatic rings. The number of aromatic nitrogens is 3. The Kier molecular flexibility index (Phi) is 6.66. The van der Waals surface area contributed by atoms with Gasteiger partial charge in [-0.15, -0.1) is 0 Å². The molecule has 2 amide bonds. The summed E-state index contributed by atoms with van der Waals surface area (Å²) >= 11 is 0. The number of carbonyl (C=O) groups excluding carboxylic acids is 2. The van der Waals surface area contributed by atoms with Crippen molar-refractivity contribution in [1.29, 1.82) is 0 Å². The number of carbonyl (C=O) groups is 2. The van der Waals surface area contributed by atoms with Crippen LogP contribution in [0.1, 0.15) is 36.3 Å². The van der Waals surface area contributed by atoms with Crippen LogP contribution in [0.2, 0.25) is 0 Å². The van der Waals surface area contributed by atoms with Crippen molar-refractivity contribution in [3.05, 3.63) is 65.8 Å². The number of fused-ring (bicyclic) bond motifs is 1. The minimum Gasteiger partial charge on any atom is -0.356 e. The highest BCUT2D eigenvalue weighted by atomic mass is 16.5. The molecule has 1 aromatic carbocycles. The number of hydrogen-bond acceptors (Lipinski definition) is 6. The zero-order valence-electron chi connectivity index (χ0n) is 17.3. The molecular weight excluding hydrogens is 394 g/mol. The van der Waals surface area contributed by atoms with Crippen molar-refractivity contribution in [3.8, 4) is 11.4 Å². The van der Waals surface area contributed by atoms with Crippen molar-refractivity contribution in [2.75, 3.05) is 13.1 Å². The fourth-order valence-electron chi connectivity index (χ4n) is 3.62. The highest BCUT2D eigenvalue weighted by Gasteiger charge is 2.19. The molecule has 0 radical (unpaired) electrons. The normalized spacial score (nSPS) is 13.0. The van der Waals surface area contributed by atoms with Gasteiger partial charge in [0.25, 0.3) is 0 Å². The lowest BCUT2D eigenvalue weighted by Crippen LogP contribution is -2.36. The van der Waals surface area contributed by atoms with Gasteiger partial charge in [0.05, 0.1) is 0 Å². The van der Waals surface area contributed by atoms with Crippen molar-refractivity contribution in [2.24, 2.45) is 0 Å². The second-order valence-electron chi connectivity index (χ2n) is 7.54. The Morgan fingerprint density at radius 3 is 2.71 bits per heavy atom. The van der Waals surface area contributed by atoms with E-state index >= 15 is 0 Å². The van der Waals surface area contributed by atoms with E-state index in [1.54, 1.807) is 24.5 Å². The first kappa shape index (κ1) is 20.7. The Morgan fingerprint density at radius 1 is 1.06 bits per heavy atom. The standard InChI is InChI=1S/C23H25N5O3/c29-20(7-8-21-26-23(27-31-21)18-9-13-24-14-10-18)25-12-3-6-22(30)28-15-11-17-4-1-2-5-19(17)16-28/h1-2,4-5,9-10,13-14H,3,6-8,11-12,15-16H2,(H,25,29). The second-order valence-corrected chi connectivity index (χ2v) is 7.54. The summed E-state index contributed by atoms with van der Waals surface area (Å²) in [5, 5.41) is 6.79. The first-order valence-corrected chi connectivity index (χ1v) is 10.5. The van der Waals surface area contributed by atoms with Gasteiger partial charge in [-0.2, -0.15) is 4.98 Å². The van der Waals surface area contributed by atoms with Gasteiger partial charge in [-0.1, -0.05) is 29.4 Å². The molecule has 0 saturated carbocycles. The molecule has 8 heteroatoms. The van der Waals surface area contributed by atoms with Gasteiger partial charge in [0.15, 0.2) is 0 Å². The zero-order chi connectivity index (χ0) is 21.5. The summed E-state index contributed by atoms with van der Waals surface area (Å²) in [4.78, 5) is 34.7. The molecule has 1 N–H and O–H groups in total. The van der Waals surface area contributed by atoms with Crippen LogP contribution >= 0.6 is 0 Å². The predicted molar refractivity (Wildman–Crippen MR) is 114 cm³/mol. The number of nitrogens with zero attached hydrogens (tertiary/aromatic N) is 4. The summed E-state index contributed by atoms with van der Waals surface area (Å²) in [6, 6.07) is 11.9. The fraction of sp³-hybridized carbons (Fsp3) is 0.348. The van der Waals surface area contributed by atoms with Gasteiger partial charge in [0.2, 0.25) is 23.5 Å². The lowest BCUT2D eigenvalue weighted by atomic mass is 9.99. The van der Waals surface area contributed by atoms with E-state index in [4.69, 9.17) is 4.52 Å². The minimum absolute atomic E-state index is 0.0944. The molecule has 3 heterocycles. The van der Waals surface area contributed by atoms with Crippen LogP contribution in [0.3, 0.4) is 0 Å². The lowest BCUT2D eigenvalue weighted by molar-refractivity contribution is -0.132. The first-order chi connectivity index (χ1) is 15.2. The summed E-state index contributed by atoms with van der Waals surface area (Å²) in [6.45, 7) is 1.90. The monoisotopic (exact) mass is 419 g/mol. The van der Waals surface area contributed by atoms with E-state index in [1.807, 2.05) is 17.0 Å². The van der Waals surface area contributed by atoms with Crippen molar-refractivity contribution < 1.29 is 14.1 Å². The molecule has 0 atom stereocenters. The largest absolute Gasteiger partial charge is 0.356 e. The highest BCUT2D eigenvalue weighted by Crippen LogP contribution is 2.19. The van der Waals surface area contributed by atoms with Gasteiger partial charge < -0.3 is 14.7 Å². The van der Waals surface area contributed by atoms with Crippen LogP contribution in [0, 0.1) is 0 Å². The highest BCUT2D eigenvalue weighted by molar-refractivity contribution is 5.77. The molecule has 8 nitrogen and oxygen atoms in total. The molecule has 0 fully saturated rings. The van der Waals surface area contributed by atoms with Gasteiger partial charge in [0, 0.05) is 56.9 Å². The maximum absolute atomic E-state index is 12.5. The molecule has 0 bridgehead atoms. The third-order valence-corrected chi connectivity index (χ3v) is 5.35. The summed E-state index contributed by atoms with van der Waals surface area (Å²) in [5.74, 6) is 0.945. The van der Waals surface area contributed by atoms with Crippen LogP contribution in [0.25, 0.3) is 11.4 Å². The van der Waals surface area contributed by atoms with E-state index in [0.717, 1.165) is 18.5 Å². The number of hydrogen-bond donors (Lipinski definition) is 1. The Balaban J connectivity index is 1.14. The molecule has 1 aliphatic heterocycles. The zero-order valence-corrected chi connectivity index (χ0v) is 17.3. The smallest absolute Gasteiger partial charge is 0.227 e. The van der Waals surface area contributed by atoms with Gasteiger partial charge in [-0.25, -0.2) is 0 Å². The average Bonchev–Trinajstić information content (AvgIpc) is 3.30. The Morgan fingerprint density at radius 2 is 1.87 bits per heavy atom. The van der Waals surface area contributed by atoms with E-state index in [-0.39, 0.29) is 18.2 Å². The van der Waals surface area contributed by atoms with Gasteiger partial charge >= 0.3 is 0 Å². The second kappa shape index (κ2) is 9.97. The molecule has 4 rings (SSSR count). The van der Waals surface area contributed by atoms with Gasteiger partial charge in [0.1, 0.15) is 0 Å². The first-order valence-electron chi connectivity index (χ1n) is 10.5. The SMILES string of the molecule is O=C(CCc1nc(-c2ccncc2)no1)NCCCC(=O)N1CCc2ccccc2C1. The number of aryl methyl sites for hydroxylation is 1.